The number of nitrogens with zero attached hydrogens (tertiary/aromatic N) is 4. The number of amides is 1. The first-order valence-electron chi connectivity index (χ1n) is 8.30. The minimum Gasteiger partial charge on any atom is -0.335 e. The van der Waals surface area contributed by atoms with Gasteiger partial charge in [-0.3, -0.25) is 9.48 Å². The second kappa shape index (κ2) is 7.25. The summed E-state index contributed by atoms with van der Waals surface area (Å²) in [6.45, 7) is 2.63. The van der Waals surface area contributed by atoms with Gasteiger partial charge in [0, 0.05) is 36.8 Å². The molecule has 2 aromatic rings. The molecular weight excluding hydrogens is 308 g/mol. The van der Waals surface area contributed by atoms with Gasteiger partial charge in [-0.05, 0) is 19.8 Å². The number of thiazole rings is 1. The van der Waals surface area contributed by atoms with E-state index in [1.807, 2.05) is 31.7 Å². The summed E-state index contributed by atoms with van der Waals surface area (Å²) < 4.78 is 1.79. The second-order valence-corrected chi connectivity index (χ2v) is 7.43. The summed E-state index contributed by atoms with van der Waals surface area (Å²) in [5.74, 6) is 0.186. The molecule has 3 rings (SSSR count). The van der Waals surface area contributed by atoms with E-state index in [2.05, 4.69) is 15.0 Å². The maximum absolute atomic E-state index is 12.9. The molecule has 0 atom stereocenters. The summed E-state index contributed by atoms with van der Waals surface area (Å²) in [6, 6.07) is 0.358. The normalized spacial score (nSPS) is 15.7. The largest absolute Gasteiger partial charge is 0.335 e. The Balaban J connectivity index is 1.74. The predicted octanol–water partition coefficient (Wildman–Crippen LogP) is 3.09. The molecule has 23 heavy (non-hydrogen) atoms. The standard InChI is InChI=1S/C17H24N4OS/c1-13-19-15(12-23-13)8-17(22)21(16-6-4-3-5-7-16)11-14-9-18-20(2)10-14/h9-10,12,16H,3-8,11H2,1-2H3. The van der Waals surface area contributed by atoms with Crippen molar-refractivity contribution in [2.45, 2.75) is 58.0 Å². The molecule has 0 unspecified atom stereocenters. The molecule has 0 N–H and O–H groups in total. The quantitative estimate of drug-likeness (QED) is 0.845. The third-order valence-electron chi connectivity index (χ3n) is 4.45. The molecule has 1 fully saturated rings. The molecule has 0 aliphatic heterocycles. The molecule has 1 aliphatic rings. The van der Waals surface area contributed by atoms with Gasteiger partial charge in [-0.2, -0.15) is 5.10 Å². The van der Waals surface area contributed by atoms with E-state index in [0.717, 1.165) is 29.1 Å². The van der Waals surface area contributed by atoms with Gasteiger partial charge in [0.1, 0.15) is 0 Å². The minimum atomic E-state index is 0.186. The molecule has 0 saturated heterocycles. The Labute approximate surface area is 141 Å². The lowest BCUT2D eigenvalue weighted by molar-refractivity contribution is -0.134. The van der Waals surface area contributed by atoms with E-state index in [1.165, 1.54) is 19.3 Å². The molecule has 2 aromatic heterocycles. The SMILES string of the molecule is Cc1nc(CC(=O)N(Cc2cnn(C)c2)C2CCCCC2)cs1. The number of aryl methyl sites for hydroxylation is 2. The molecule has 0 aromatic carbocycles. The van der Waals surface area contributed by atoms with Crippen molar-refractivity contribution in [2.75, 3.05) is 0 Å². The Kier molecular flexibility index (Phi) is 5.10. The van der Waals surface area contributed by atoms with Crippen LogP contribution in [-0.2, 0) is 24.8 Å². The number of rotatable bonds is 5. The molecule has 0 bridgehead atoms. The topological polar surface area (TPSA) is 51.0 Å². The van der Waals surface area contributed by atoms with Crippen LogP contribution in [0.25, 0.3) is 0 Å². The monoisotopic (exact) mass is 332 g/mol. The number of aromatic nitrogens is 3. The number of carbonyl (C=O) groups is 1. The van der Waals surface area contributed by atoms with E-state index in [9.17, 15) is 4.79 Å². The zero-order valence-corrected chi connectivity index (χ0v) is 14.7. The van der Waals surface area contributed by atoms with Crippen LogP contribution in [-0.4, -0.2) is 31.6 Å². The van der Waals surface area contributed by atoms with Gasteiger partial charge in [0.2, 0.25) is 5.91 Å². The number of carbonyl (C=O) groups excluding carboxylic acids is 1. The van der Waals surface area contributed by atoms with Crippen molar-refractivity contribution in [3.8, 4) is 0 Å². The van der Waals surface area contributed by atoms with Crippen molar-refractivity contribution < 1.29 is 4.79 Å². The fourth-order valence-electron chi connectivity index (χ4n) is 3.31. The molecular formula is C17H24N4OS. The van der Waals surface area contributed by atoms with Crippen LogP contribution in [0.3, 0.4) is 0 Å². The van der Waals surface area contributed by atoms with Crippen LogP contribution in [0.15, 0.2) is 17.8 Å². The fourth-order valence-corrected chi connectivity index (χ4v) is 3.92. The van der Waals surface area contributed by atoms with Gasteiger partial charge in [-0.15, -0.1) is 11.3 Å². The number of hydrogen-bond donors (Lipinski definition) is 0. The fraction of sp³-hybridized carbons (Fsp3) is 0.588. The molecule has 0 spiro atoms. The third kappa shape index (κ3) is 4.19. The van der Waals surface area contributed by atoms with E-state index in [0.29, 0.717) is 19.0 Å². The molecule has 1 aliphatic carbocycles. The molecule has 5 nitrogen and oxygen atoms in total. The minimum absolute atomic E-state index is 0.186. The predicted molar refractivity (Wildman–Crippen MR) is 91.2 cm³/mol. The van der Waals surface area contributed by atoms with E-state index < -0.39 is 0 Å². The van der Waals surface area contributed by atoms with Crippen LogP contribution in [0.4, 0.5) is 0 Å². The van der Waals surface area contributed by atoms with E-state index in [1.54, 1.807) is 16.0 Å². The highest BCUT2D eigenvalue weighted by molar-refractivity contribution is 7.09. The van der Waals surface area contributed by atoms with Crippen LogP contribution in [0.2, 0.25) is 0 Å². The molecule has 124 valence electrons. The highest BCUT2D eigenvalue weighted by Crippen LogP contribution is 2.25. The van der Waals surface area contributed by atoms with Crippen molar-refractivity contribution in [2.24, 2.45) is 7.05 Å². The summed E-state index contributed by atoms with van der Waals surface area (Å²) in [4.78, 5) is 19.4. The third-order valence-corrected chi connectivity index (χ3v) is 5.27. The lowest BCUT2D eigenvalue weighted by Gasteiger charge is -2.34. The van der Waals surface area contributed by atoms with Gasteiger partial charge >= 0.3 is 0 Å². The van der Waals surface area contributed by atoms with Gasteiger partial charge in [-0.1, -0.05) is 19.3 Å². The van der Waals surface area contributed by atoms with Crippen LogP contribution >= 0.6 is 11.3 Å². The lowest BCUT2D eigenvalue weighted by Crippen LogP contribution is -2.41. The second-order valence-electron chi connectivity index (χ2n) is 6.37. The van der Waals surface area contributed by atoms with Crippen molar-refractivity contribution in [3.63, 3.8) is 0 Å². The van der Waals surface area contributed by atoms with Crippen molar-refractivity contribution >= 4 is 17.2 Å². The zero-order valence-electron chi connectivity index (χ0n) is 13.9. The summed E-state index contributed by atoms with van der Waals surface area (Å²) in [5, 5.41) is 7.24. The van der Waals surface area contributed by atoms with Gasteiger partial charge in [0.15, 0.2) is 0 Å². The molecule has 6 heteroatoms. The molecule has 0 radical (unpaired) electrons. The van der Waals surface area contributed by atoms with Gasteiger partial charge in [0.05, 0.1) is 23.3 Å². The first kappa shape index (κ1) is 16.2. The van der Waals surface area contributed by atoms with E-state index >= 15 is 0 Å². The average Bonchev–Trinajstić information content (AvgIpc) is 3.14. The zero-order chi connectivity index (χ0) is 16.2. The summed E-state index contributed by atoms with van der Waals surface area (Å²) >= 11 is 1.61. The van der Waals surface area contributed by atoms with Crippen molar-refractivity contribution in [3.05, 3.63) is 34.0 Å². The summed E-state index contributed by atoms with van der Waals surface area (Å²) in [6.07, 6.45) is 10.2. The maximum Gasteiger partial charge on any atom is 0.229 e. The van der Waals surface area contributed by atoms with E-state index in [4.69, 9.17) is 0 Å². The van der Waals surface area contributed by atoms with Gasteiger partial charge in [0.25, 0.3) is 0 Å². The molecule has 1 amide bonds. The Hall–Kier alpha value is -1.69. The summed E-state index contributed by atoms with van der Waals surface area (Å²) in [7, 11) is 1.91. The first-order valence-corrected chi connectivity index (χ1v) is 9.18. The number of hydrogen-bond acceptors (Lipinski definition) is 4. The first-order chi connectivity index (χ1) is 11.1. The Morgan fingerprint density at radius 3 is 2.78 bits per heavy atom. The highest BCUT2D eigenvalue weighted by Gasteiger charge is 2.26. The van der Waals surface area contributed by atoms with Crippen LogP contribution in [0.1, 0.15) is 48.4 Å². The highest BCUT2D eigenvalue weighted by atomic mass is 32.1. The Morgan fingerprint density at radius 2 is 2.17 bits per heavy atom. The van der Waals surface area contributed by atoms with Crippen molar-refractivity contribution in [1.29, 1.82) is 0 Å². The molecule has 1 saturated carbocycles. The van der Waals surface area contributed by atoms with Gasteiger partial charge in [-0.25, -0.2) is 4.98 Å². The Bertz CT molecular complexity index is 657. The van der Waals surface area contributed by atoms with Gasteiger partial charge < -0.3 is 4.90 Å². The maximum atomic E-state index is 12.9. The van der Waals surface area contributed by atoms with Crippen LogP contribution in [0.5, 0.6) is 0 Å². The van der Waals surface area contributed by atoms with E-state index in [-0.39, 0.29) is 5.91 Å². The summed E-state index contributed by atoms with van der Waals surface area (Å²) in [5.41, 5.74) is 1.99. The van der Waals surface area contributed by atoms with Crippen LogP contribution < -0.4 is 0 Å². The van der Waals surface area contributed by atoms with Crippen LogP contribution in [0, 0.1) is 6.92 Å². The average molecular weight is 332 g/mol. The van der Waals surface area contributed by atoms with Crippen molar-refractivity contribution in [1.82, 2.24) is 19.7 Å². The smallest absolute Gasteiger partial charge is 0.229 e. The molecule has 2 heterocycles. The Morgan fingerprint density at radius 1 is 1.39 bits per heavy atom. The lowest BCUT2D eigenvalue weighted by atomic mass is 9.93.